The van der Waals surface area contributed by atoms with Crippen LogP contribution in [0.4, 0.5) is 13.2 Å². The average Bonchev–Trinajstić information content (AvgIpc) is 2.50. The van der Waals surface area contributed by atoms with Gasteiger partial charge < -0.3 is 9.88 Å². The Bertz CT molecular complexity index is 293. The zero-order valence-corrected chi connectivity index (χ0v) is 8.51. The van der Waals surface area contributed by atoms with Crippen LogP contribution in [0.15, 0.2) is 12.5 Å². The van der Waals surface area contributed by atoms with Crippen LogP contribution >= 0.6 is 0 Å². The van der Waals surface area contributed by atoms with Gasteiger partial charge in [0.2, 0.25) is 0 Å². The van der Waals surface area contributed by atoms with Crippen LogP contribution in [-0.2, 0) is 13.1 Å². The second kappa shape index (κ2) is 5.16. The van der Waals surface area contributed by atoms with Gasteiger partial charge in [-0.1, -0.05) is 6.92 Å². The van der Waals surface area contributed by atoms with E-state index in [9.17, 15) is 13.2 Å². The van der Waals surface area contributed by atoms with E-state index < -0.39 is 12.7 Å². The summed E-state index contributed by atoms with van der Waals surface area (Å²) in [4.78, 5) is 3.71. The van der Waals surface area contributed by atoms with Crippen molar-refractivity contribution in [2.24, 2.45) is 0 Å². The average molecular weight is 221 g/mol. The Morgan fingerprint density at radius 1 is 1.47 bits per heavy atom. The van der Waals surface area contributed by atoms with Crippen LogP contribution in [-0.4, -0.2) is 22.3 Å². The van der Waals surface area contributed by atoms with Gasteiger partial charge in [0.05, 0.1) is 12.0 Å². The maximum Gasteiger partial charge on any atom is 0.406 e. The number of hydrogen-bond donors (Lipinski definition) is 1. The summed E-state index contributed by atoms with van der Waals surface area (Å²) in [7, 11) is 0. The highest BCUT2D eigenvalue weighted by atomic mass is 19.4. The molecule has 0 bridgehead atoms. The van der Waals surface area contributed by atoms with Gasteiger partial charge in [0.15, 0.2) is 0 Å². The molecule has 0 aliphatic carbocycles. The molecule has 1 rings (SSSR count). The van der Waals surface area contributed by atoms with Crippen molar-refractivity contribution in [2.45, 2.75) is 32.6 Å². The molecule has 0 aliphatic heterocycles. The molecule has 1 aromatic heterocycles. The summed E-state index contributed by atoms with van der Waals surface area (Å²) < 4.78 is 37.5. The molecule has 0 spiro atoms. The van der Waals surface area contributed by atoms with E-state index in [0.717, 1.165) is 17.5 Å². The number of nitrogens with zero attached hydrogens (tertiary/aromatic N) is 2. The lowest BCUT2D eigenvalue weighted by Gasteiger charge is -2.11. The highest BCUT2D eigenvalue weighted by molar-refractivity contribution is 4.98. The maximum atomic E-state index is 12.1. The van der Waals surface area contributed by atoms with Crippen LogP contribution in [0.5, 0.6) is 0 Å². The van der Waals surface area contributed by atoms with Crippen LogP contribution in [0.3, 0.4) is 0 Å². The van der Waals surface area contributed by atoms with Crippen molar-refractivity contribution in [3.63, 3.8) is 0 Å². The molecular weight excluding hydrogens is 207 g/mol. The van der Waals surface area contributed by atoms with Crippen molar-refractivity contribution in [3.8, 4) is 0 Å². The number of halogens is 3. The van der Waals surface area contributed by atoms with Crippen molar-refractivity contribution < 1.29 is 13.2 Å². The first-order chi connectivity index (χ1) is 7.03. The molecule has 3 nitrogen and oxygen atoms in total. The minimum absolute atomic E-state index is 0.421. The van der Waals surface area contributed by atoms with Crippen LogP contribution in [0.25, 0.3) is 0 Å². The number of rotatable bonds is 5. The largest absolute Gasteiger partial charge is 0.406 e. The summed E-state index contributed by atoms with van der Waals surface area (Å²) in [6.07, 6.45) is -0.585. The summed E-state index contributed by atoms with van der Waals surface area (Å²) in [6.45, 7) is 2.23. The Labute approximate surface area is 86.3 Å². The fourth-order valence-electron chi connectivity index (χ4n) is 1.22. The standard InChI is InChI=1S/C9H14F3N3/c1-2-3-13-4-8-5-14-7-15(8)6-9(10,11)12/h5,7,13H,2-4,6H2,1H3. The first-order valence-corrected chi connectivity index (χ1v) is 4.79. The number of nitrogens with one attached hydrogen (secondary N) is 1. The molecule has 0 saturated carbocycles. The Morgan fingerprint density at radius 3 is 2.80 bits per heavy atom. The number of alkyl halides is 3. The van der Waals surface area contributed by atoms with Crippen LogP contribution in [0.2, 0.25) is 0 Å². The lowest BCUT2D eigenvalue weighted by atomic mass is 10.4. The number of aromatic nitrogens is 2. The van der Waals surface area contributed by atoms with E-state index in [1.165, 1.54) is 12.5 Å². The van der Waals surface area contributed by atoms with Crippen LogP contribution < -0.4 is 5.32 Å². The first kappa shape index (κ1) is 12.0. The summed E-state index contributed by atoms with van der Waals surface area (Å²) in [5, 5.41) is 3.04. The molecule has 0 atom stereocenters. The van der Waals surface area contributed by atoms with Gasteiger partial charge >= 0.3 is 6.18 Å². The Morgan fingerprint density at radius 2 is 2.20 bits per heavy atom. The minimum Gasteiger partial charge on any atom is -0.324 e. The van der Waals surface area contributed by atoms with Crippen molar-refractivity contribution >= 4 is 0 Å². The first-order valence-electron chi connectivity index (χ1n) is 4.79. The smallest absolute Gasteiger partial charge is 0.324 e. The summed E-state index contributed by atoms with van der Waals surface area (Å²) in [5.74, 6) is 0. The normalized spacial score (nSPS) is 12.0. The molecule has 0 aromatic carbocycles. The third-order valence-corrected chi connectivity index (χ3v) is 1.88. The van der Waals surface area contributed by atoms with Crippen molar-refractivity contribution in [1.29, 1.82) is 0 Å². The number of hydrogen-bond acceptors (Lipinski definition) is 2. The van der Waals surface area contributed by atoms with Crippen molar-refractivity contribution in [3.05, 3.63) is 18.2 Å². The highest BCUT2D eigenvalue weighted by Crippen LogP contribution is 2.18. The Kier molecular flexibility index (Phi) is 4.14. The van der Waals surface area contributed by atoms with E-state index in [2.05, 4.69) is 10.3 Å². The van der Waals surface area contributed by atoms with Gasteiger partial charge in [-0.2, -0.15) is 13.2 Å². The van der Waals surface area contributed by atoms with Gasteiger partial charge in [-0.3, -0.25) is 0 Å². The molecule has 0 fully saturated rings. The third kappa shape index (κ3) is 4.33. The van der Waals surface area contributed by atoms with E-state index in [-0.39, 0.29) is 0 Å². The van der Waals surface area contributed by atoms with E-state index in [1.54, 1.807) is 0 Å². The molecule has 0 aliphatic rings. The van der Waals surface area contributed by atoms with E-state index in [0.29, 0.717) is 12.2 Å². The van der Waals surface area contributed by atoms with Gasteiger partial charge in [-0.25, -0.2) is 4.98 Å². The van der Waals surface area contributed by atoms with Gasteiger partial charge in [0.1, 0.15) is 6.54 Å². The third-order valence-electron chi connectivity index (χ3n) is 1.88. The van der Waals surface area contributed by atoms with Gasteiger partial charge in [0, 0.05) is 12.7 Å². The molecule has 1 aromatic rings. The Hall–Kier alpha value is -1.04. The van der Waals surface area contributed by atoms with Gasteiger partial charge in [-0.05, 0) is 13.0 Å². The molecule has 1 heterocycles. The second-order valence-electron chi connectivity index (χ2n) is 3.30. The molecule has 6 heteroatoms. The van der Waals surface area contributed by atoms with E-state index >= 15 is 0 Å². The second-order valence-corrected chi connectivity index (χ2v) is 3.30. The van der Waals surface area contributed by atoms with Crippen molar-refractivity contribution in [2.75, 3.05) is 6.54 Å². The minimum atomic E-state index is -4.19. The van der Waals surface area contributed by atoms with E-state index in [4.69, 9.17) is 0 Å². The van der Waals surface area contributed by atoms with Crippen LogP contribution in [0.1, 0.15) is 19.0 Å². The van der Waals surface area contributed by atoms with Crippen molar-refractivity contribution in [1.82, 2.24) is 14.9 Å². The molecule has 0 radical (unpaired) electrons. The molecule has 0 saturated heterocycles. The fourth-order valence-corrected chi connectivity index (χ4v) is 1.22. The molecule has 0 unspecified atom stereocenters. The lowest BCUT2D eigenvalue weighted by molar-refractivity contribution is -0.141. The SMILES string of the molecule is CCCNCc1cncn1CC(F)(F)F. The van der Waals surface area contributed by atoms with Crippen LogP contribution in [0, 0.1) is 0 Å². The zero-order chi connectivity index (χ0) is 11.3. The number of imidazole rings is 1. The highest BCUT2D eigenvalue weighted by Gasteiger charge is 2.28. The molecule has 86 valence electrons. The maximum absolute atomic E-state index is 12.1. The lowest BCUT2D eigenvalue weighted by Crippen LogP contribution is -2.22. The summed E-state index contributed by atoms with van der Waals surface area (Å²) in [5.41, 5.74) is 0.556. The molecule has 15 heavy (non-hydrogen) atoms. The predicted octanol–water partition coefficient (Wildman–Crippen LogP) is 1.95. The molecular formula is C9H14F3N3. The summed E-state index contributed by atoms with van der Waals surface area (Å²) in [6, 6.07) is 0. The summed E-state index contributed by atoms with van der Waals surface area (Å²) >= 11 is 0. The van der Waals surface area contributed by atoms with Gasteiger partial charge in [-0.15, -0.1) is 0 Å². The molecule has 0 amide bonds. The molecule has 1 N–H and O–H groups in total. The Balaban J connectivity index is 2.53. The van der Waals surface area contributed by atoms with Gasteiger partial charge in [0.25, 0.3) is 0 Å². The fraction of sp³-hybridized carbons (Fsp3) is 0.667. The quantitative estimate of drug-likeness (QED) is 0.770. The zero-order valence-electron chi connectivity index (χ0n) is 8.51. The monoisotopic (exact) mass is 221 g/mol. The predicted molar refractivity (Wildman–Crippen MR) is 50.3 cm³/mol. The van der Waals surface area contributed by atoms with E-state index in [1.807, 2.05) is 6.92 Å². The topological polar surface area (TPSA) is 29.9 Å².